The van der Waals surface area contributed by atoms with Crippen molar-refractivity contribution in [1.29, 1.82) is 5.41 Å². The number of methoxy groups -OCH3 is 1. The number of para-hydroxylation sites is 2. The number of amidine groups is 1. The molecule has 0 saturated carbocycles. The standard InChI is InChI=1S/C29H33N3O3/c1-18-9-7-10-19(2)25(18)31-22(5)27(30)32(26-20(3)11-8-12-21(26)4)28(31)29(33)35-17-23-13-15-24(34-6)16-14-23/h7-16,22,28,30H,17H2,1-6H3. The maximum Gasteiger partial charge on any atom is 0.350 e. The van der Waals surface area contributed by atoms with E-state index in [2.05, 4.69) is 0 Å². The van der Waals surface area contributed by atoms with E-state index in [0.29, 0.717) is 5.84 Å². The second-order valence-electron chi connectivity index (χ2n) is 9.15. The van der Waals surface area contributed by atoms with Crippen molar-refractivity contribution >= 4 is 23.2 Å². The summed E-state index contributed by atoms with van der Waals surface area (Å²) in [6.07, 6.45) is -0.796. The number of hydrogen-bond donors (Lipinski definition) is 1. The largest absolute Gasteiger partial charge is 0.497 e. The third-order valence-electron chi connectivity index (χ3n) is 6.71. The van der Waals surface area contributed by atoms with E-state index < -0.39 is 6.17 Å². The van der Waals surface area contributed by atoms with E-state index in [0.717, 1.165) is 44.9 Å². The first-order valence-electron chi connectivity index (χ1n) is 11.8. The zero-order valence-electron chi connectivity index (χ0n) is 21.3. The highest BCUT2D eigenvalue weighted by atomic mass is 16.5. The molecule has 0 radical (unpaired) electrons. The lowest BCUT2D eigenvalue weighted by atomic mass is 10.1. The fraction of sp³-hybridized carbons (Fsp3) is 0.310. The average molecular weight is 472 g/mol. The predicted molar refractivity (Wildman–Crippen MR) is 141 cm³/mol. The van der Waals surface area contributed by atoms with Crippen molar-refractivity contribution in [2.24, 2.45) is 0 Å². The van der Waals surface area contributed by atoms with E-state index in [9.17, 15) is 4.79 Å². The molecule has 6 nitrogen and oxygen atoms in total. The van der Waals surface area contributed by atoms with Gasteiger partial charge in [0.15, 0.2) is 0 Å². The first kappa shape index (κ1) is 24.3. The van der Waals surface area contributed by atoms with Gasteiger partial charge in [-0.3, -0.25) is 10.3 Å². The molecular formula is C29H33N3O3. The van der Waals surface area contributed by atoms with Crippen LogP contribution in [-0.2, 0) is 16.1 Å². The Morgan fingerprint density at radius 1 is 0.857 bits per heavy atom. The molecule has 1 fully saturated rings. The van der Waals surface area contributed by atoms with Crippen LogP contribution in [0.4, 0.5) is 11.4 Å². The van der Waals surface area contributed by atoms with Gasteiger partial charge >= 0.3 is 5.97 Å². The molecule has 1 aliphatic rings. The van der Waals surface area contributed by atoms with E-state index in [4.69, 9.17) is 14.9 Å². The number of nitrogens with zero attached hydrogens (tertiary/aromatic N) is 2. The van der Waals surface area contributed by atoms with Gasteiger partial charge in [0.1, 0.15) is 18.2 Å². The van der Waals surface area contributed by atoms with Crippen LogP contribution in [0, 0.1) is 33.1 Å². The lowest BCUT2D eigenvalue weighted by molar-refractivity contribution is -0.146. The molecule has 3 aromatic rings. The van der Waals surface area contributed by atoms with Crippen molar-refractivity contribution in [1.82, 2.24) is 0 Å². The second kappa shape index (κ2) is 9.82. The number of hydrogen-bond acceptors (Lipinski definition) is 5. The van der Waals surface area contributed by atoms with Crippen LogP contribution < -0.4 is 14.5 Å². The lowest BCUT2D eigenvalue weighted by Crippen LogP contribution is -2.48. The Hall–Kier alpha value is -3.80. The summed E-state index contributed by atoms with van der Waals surface area (Å²) in [6, 6.07) is 19.3. The lowest BCUT2D eigenvalue weighted by Gasteiger charge is -2.34. The summed E-state index contributed by atoms with van der Waals surface area (Å²) >= 11 is 0. The minimum absolute atomic E-state index is 0.141. The number of carbonyl (C=O) groups excluding carboxylic acids is 1. The Morgan fingerprint density at radius 2 is 1.37 bits per heavy atom. The Morgan fingerprint density at radius 3 is 1.89 bits per heavy atom. The summed E-state index contributed by atoms with van der Waals surface area (Å²) in [7, 11) is 1.62. The number of carbonyl (C=O) groups is 1. The summed E-state index contributed by atoms with van der Waals surface area (Å²) in [5.74, 6) is 0.734. The van der Waals surface area contributed by atoms with Gasteiger partial charge in [0.05, 0.1) is 18.8 Å². The van der Waals surface area contributed by atoms with Crippen LogP contribution in [0.25, 0.3) is 0 Å². The molecule has 2 unspecified atom stereocenters. The molecule has 1 saturated heterocycles. The second-order valence-corrected chi connectivity index (χ2v) is 9.15. The van der Waals surface area contributed by atoms with E-state index in [-0.39, 0.29) is 18.6 Å². The molecule has 0 aromatic heterocycles. The molecule has 1 N–H and O–H groups in total. The van der Waals surface area contributed by atoms with Crippen molar-refractivity contribution in [3.63, 3.8) is 0 Å². The highest BCUT2D eigenvalue weighted by Crippen LogP contribution is 2.39. The molecule has 2 atom stereocenters. The first-order chi connectivity index (χ1) is 16.7. The normalized spacial score (nSPS) is 17.6. The molecule has 0 amide bonds. The van der Waals surface area contributed by atoms with Gasteiger partial charge in [0.2, 0.25) is 6.17 Å². The van der Waals surface area contributed by atoms with Gasteiger partial charge in [0, 0.05) is 5.69 Å². The van der Waals surface area contributed by atoms with Gasteiger partial charge in [-0.25, -0.2) is 4.79 Å². The van der Waals surface area contributed by atoms with Crippen LogP contribution in [0.2, 0.25) is 0 Å². The topological polar surface area (TPSA) is 65.9 Å². The zero-order chi connectivity index (χ0) is 25.3. The van der Waals surface area contributed by atoms with Gasteiger partial charge in [-0.2, -0.15) is 0 Å². The van der Waals surface area contributed by atoms with Crippen LogP contribution in [0.3, 0.4) is 0 Å². The maximum absolute atomic E-state index is 13.8. The molecular weight excluding hydrogens is 438 g/mol. The summed E-state index contributed by atoms with van der Waals surface area (Å²) in [5, 5.41) is 9.09. The fourth-order valence-corrected chi connectivity index (χ4v) is 4.93. The predicted octanol–water partition coefficient (Wildman–Crippen LogP) is 5.69. The quantitative estimate of drug-likeness (QED) is 0.468. The maximum atomic E-state index is 13.8. The average Bonchev–Trinajstić information content (AvgIpc) is 3.08. The smallest absolute Gasteiger partial charge is 0.350 e. The molecule has 0 bridgehead atoms. The Labute approximate surface area is 207 Å². The van der Waals surface area contributed by atoms with Gasteiger partial charge in [-0.1, -0.05) is 48.5 Å². The molecule has 4 rings (SSSR count). The molecule has 6 heteroatoms. The molecule has 1 aliphatic heterocycles. The van der Waals surface area contributed by atoms with Crippen molar-refractivity contribution in [3.05, 3.63) is 88.5 Å². The van der Waals surface area contributed by atoms with Crippen LogP contribution in [0.5, 0.6) is 5.75 Å². The molecule has 35 heavy (non-hydrogen) atoms. The molecule has 3 aromatic carbocycles. The van der Waals surface area contributed by atoms with Crippen LogP contribution in [0.1, 0.15) is 34.7 Å². The highest BCUT2D eigenvalue weighted by Gasteiger charge is 2.48. The van der Waals surface area contributed by atoms with Crippen LogP contribution in [-0.4, -0.2) is 31.1 Å². The first-order valence-corrected chi connectivity index (χ1v) is 11.8. The van der Waals surface area contributed by atoms with Gasteiger partial charge in [-0.15, -0.1) is 0 Å². The van der Waals surface area contributed by atoms with Crippen LogP contribution in [0.15, 0.2) is 60.7 Å². The third-order valence-corrected chi connectivity index (χ3v) is 6.71. The minimum Gasteiger partial charge on any atom is -0.497 e. The number of ether oxygens (including phenoxy) is 2. The number of rotatable bonds is 6. The highest BCUT2D eigenvalue weighted by molar-refractivity contribution is 6.11. The number of aryl methyl sites for hydroxylation is 4. The summed E-state index contributed by atoms with van der Waals surface area (Å²) in [4.78, 5) is 17.7. The van der Waals surface area contributed by atoms with Crippen molar-refractivity contribution in [2.75, 3.05) is 16.9 Å². The van der Waals surface area contributed by atoms with E-state index in [1.807, 2.05) is 105 Å². The monoisotopic (exact) mass is 471 g/mol. The van der Waals surface area contributed by atoms with Crippen molar-refractivity contribution < 1.29 is 14.3 Å². The van der Waals surface area contributed by atoms with E-state index in [1.165, 1.54) is 0 Å². The minimum atomic E-state index is -0.796. The molecule has 1 heterocycles. The number of esters is 1. The van der Waals surface area contributed by atoms with E-state index >= 15 is 0 Å². The molecule has 0 aliphatic carbocycles. The molecule has 182 valence electrons. The number of benzene rings is 3. The fourth-order valence-electron chi connectivity index (χ4n) is 4.93. The Balaban J connectivity index is 1.77. The van der Waals surface area contributed by atoms with Gasteiger partial charge in [0.25, 0.3) is 0 Å². The van der Waals surface area contributed by atoms with Gasteiger partial charge in [-0.05, 0) is 74.6 Å². The van der Waals surface area contributed by atoms with Crippen molar-refractivity contribution in [3.8, 4) is 5.75 Å². The third kappa shape index (κ3) is 4.48. The zero-order valence-corrected chi connectivity index (χ0v) is 21.3. The Bertz CT molecular complexity index is 1210. The number of anilines is 2. The molecule has 0 spiro atoms. The SMILES string of the molecule is COc1ccc(COC(=O)C2N(c3c(C)cccc3C)C(=N)C(C)N2c2c(C)cccc2C)cc1. The van der Waals surface area contributed by atoms with Gasteiger partial charge < -0.3 is 14.4 Å². The van der Waals surface area contributed by atoms with E-state index in [1.54, 1.807) is 7.11 Å². The summed E-state index contributed by atoms with van der Waals surface area (Å²) < 4.78 is 11.1. The summed E-state index contributed by atoms with van der Waals surface area (Å²) in [5.41, 5.74) is 6.85. The summed E-state index contributed by atoms with van der Waals surface area (Å²) in [6.45, 7) is 10.2. The Kier molecular flexibility index (Phi) is 6.83. The van der Waals surface area contributed by atoms with Crippen LogP contribution >= 0.6 is 0 Å². The number of nitrogens with one attached hydrogen (secondary N) is 1. The van der Waals surface area contributed by atoms with Crippen molar-refractivity contribution in [2.45, 2.75) is 53.4 Å².